The first kappa shape index (κ1) is 17.3. The minimum Gasteiger partial charge on any atom is -0.497 e. The van der Waals surface area contributed by atoms with Crippen LogP contribution in [-0.4, -0.2) is 33.7 Å². The summed E-state index contributed by atoms with van der Waals surface area (Å²) in [7, 11) is 5.25. The van der Waals surface area contributed by atoms with Crippen molar-refractivity contribution in [1.29, 1.82) is 0 Å². The van der Waals surface area contributed by atoms with Crippen molar-refractivity contribution in [1.82, 2.24) is 19.5 Å². The Bertz CT molecular complexity index is 1050. The van der Waals surface area contributed by atoms with E-state index in [2.05, 4.69) is 20.3 Å². The maximum Gasteiger partial charge on any atom is 0.139 e. The molecular formula is C19H19N5O2S. The number of nitrogens with one attached hydrogen (secondary N) is 1. The summed E-state index contributed by atoms with van der Waals surface area (Å²) in [5, 5.41) is 6.52. The van der Waals surface area contributed by atoms with Gasteiger partial charge in [0.05, 0.1) is 19.6 Å². The van der Waals surface area contributed by atoms with Crippen LogP contribution in [-0.2, 0) is 7.05 Å². The number of thiophene rings is 1. The van der Waals surface area contributed by atoms with E-state index in [9.17, 15) is 0 Å². The fraction of sp³-hybridized carbons (Fsp3) is 0.211. The van der Waals surface area contributed by atoms with Crippen molar-refractivity contribution < 1.29 is 9.47 Å². The summed E-state index contributed by atoms with van der Waals surface area (Å²) in [6.45, 7) is 0. The van der Waals surface area contributed by atoms with Gasteiger partial charge in [0.1, 0.15) is 40.3 Å². The maximum atomic E-state index is 5.44. The zero-order valence-corrected chi connectivity index (χ0v) is 16.0. The fourth-order valence-corrected chi connectivity index (χ4v) is 3.72. The maximum absolute atomic E-state index is 5.44. The van der Waals surface area contributed by atoms with Crippen molar-refractivity contribution in [3.05, 3.63) is 59.8 Å². The Morgan fingerprint density at radius 3 is 2.52 bits per heavy atom. The van der Waals surface area contributed by atoms with Gasteiger partial charge in [0.2, 0.25) is 0 Å². The van der Waals surface area contributed by atoms with Crippen LogP contribution in [0.15, 0.2) is 48.4 Å². The predicted molar refractivity (Wildman–Crippen MR) is 106 cm³/mol. The van der Waals surface area contributed by atoms with Crippen LogP contribution in [0.4, 0.5) is 5.82 Å². The van der Waals surface area contributed by atoms with Crippen LogP contribution < -0.4 is 14.8 Å². The topological polar surface area (TPSA) is 74.1 Å². The minimum absolute atomic E-state index is 0.244. The molecule has 1 aromatic carbocycles. The molecule has 138 valence electrons. The molecule has 4 aromatic rings. The number of aromatic nitrogens is 4. The normalized spacial score (nSPS) is 12.1. The number of methoxy groups -OCH3 is 2. The van der Waals surface area contributed by atoms with Gasteiger partial charge in [0.25, 0.3) is 0 Å². The van der Waals surface area contributed by atoms with Crippen LogP contribution in [0.2, 0.25) is 0 Å². The Kier molecular flexibility index (Phi) is 4.64. The molecule has 0 bridgehead atoms. The summed E-state index contributed by atoms with van der Waals surface area (Å²) in [6, 6.07) is 7.57. The van der Waals surface area contributed by atoms with Crippen LogP contribution in [0.5, 0.6) is 11.5 Å². The van der Waals surface area contributed by atoms with E-state index in [4.69, 9.17) is 9.47 Å². The van der Waals surface area contributed by atoms with E-state index in [1.165, 1.54) is 0 Å². The van der Waals surface area contributed by atoms with Gasteiger partial charge in [-0.15, -0.1) is 11.3 Å². The third-order valence-electron chi connectivity index (χ3n) is 4.37. The Labute approximate surface area is 160 Å². The lowest BCUT2D eigenvalue weighted by atomic mass is 10.0. The number of benzene rings is 1. The zero-order chi connectivity index (χ0) is 18.8. The zero-order valence-electron chi connectivity index (χ0n) is 15.2. The molecule has 3 heterocycles. The lowest BCUT2D eigenvalue weighted by Crippen LogP contribution is -2.18. The van der Waals surface area contributed by atoms with Crippen molar-refractivity contribution in [2.75, 3.05) is 19.5 Å². The van der Waals surface area contributed by atoms with E-state index in [0.29, 0.717) is 11.5 Å². The smallest absolute Gasteiger partial charge is 0.139 e. The van der Waals surface area contributed by atoms with Crippen molar-refractivity contribution in [2.24, 2.45) is 7.05 Å². The summed E-state index contributed by atoms with van der Waals surface area (Å²) < 4.78 is 12.9. The van der Waals surface area contributed by atoms with Gasteiger partial charge in [-0.2, -0.15) is 0 Å². The van der Waals surface area contributed by atoms with Gasteiger partial charge in [-0.1, -0.05) is 0 Å². The first-order valence-corrected chi connectivity index (χ1v) is 9.22. The molecule has 1 atom stereocenters. The first-order chi connectivity index (χ1) is 13.2. The second-order valence-corrected chi connectivity index (χ2v) is 6.88. The average Bonchev–Trinajstić information content (AvgIpc) is 3.34. The Balaban J connectivity index is 1.83. The van der Waals surface area contributed by atoms with E-state index >= 15 is 0 Å². The molecule has 0 spiro atoms. The van der Waals surface area contributed by atoms with Gasteiger partial charge in [0, 0.05) is 25.5 Å². The highest BCUT2D eigenvalue weighted by Gasteiger charge is 2.22. The molecule has 0 radical (unpaired) electrons. The van der Waals surface area contributed by atoms with Gasteiger partial charge in [-0.05, 0) is 29.1 Å². The predicted octanol–water partition coefficient (Wildman–Crippen LogP) is 3.64. The quantitative estimate of drug-likeness (QED) is 0.550. The summed E-state index contributed by atoms with van der Waals surface area (Å²) >= 11 is 1.59. The fourth-order valence-electron chi connectivity index (χ4n) is 2.99. The van der Waals surface area contributed by atoms with E-state index in [1.54, 1.807) is 38.1 Å². The van der Waals surface area contributed by atoms with E-state index < -0.39 is 0 Å². The van der Waals surface area contributed by atoms with Crippen LogP contribution >= 0.6 is 11.3 Å². The number of imidazole rings is 1. The lowest BCUT2D eigenvalue weighted by Gasteiger charge is -2.21. The highest BCUT2D eigenvalue weighted by atomic mass is 32.1. The molecule has 0 amide bonds. The number of aryl methyl sites for hydroxylation is 1. The highest BCUT2D eigenvalue weighted by Crippen LogP contribution is 2.33. The van der Waals surface area contributed by atoms with E-state index in [-0.39, 0.29) is 6.04 Å². The summed E-state index contributed by atoms with van der Waals surface area (Å²) in [6.07, 6.45) is 5.27. The molecule has 1 N–H and O–H groups in total. The second-order valence-electron chi connectivity index (χ2n) is 5.98. The van der Waals surface area contributed by atoms with Crippen LogP contribution in [0, 0.1) is 0 Å². The minimum atomic E-state index is -0.244. The molecular weight excluding hydrogens is 362 g/mol. The molecule has 3 aromatic heterocycles. The number of hydrogen-bond donors (Lipinski definition) is 1. The Hall–Kier alpha value is -3.13. The molecule has 7 nitrogen and oxygen atoms in total. The molecule has 0 unspecified atom stereocenters. The number of anilines is 1. The van der Waals surface area contributed by atoms with Crippen molar-refractivity contribution >= 4 is 27.4 Å². The molecule has 8 heteroatoms. The van der Waals surface area contributed by atoms with Gasteiger partial charge in [-0.3, -0.25) is 0 Å². The molecule has 0 saturated carbocycles. The number of nitrogens with zero attached hydrogens (tertiary/aromatic N) is 4. The molecule has 0 aliphatic heterocycles. The third-order valence-corrected chi connectivity index (χ3v) is 5.19. The summed E-state index contributed by atoms with van der Waals surface area (Å²) in [5.74, 6) is 3.05. The molecule has 0 aliphatic carbocycles. The molecule has 27 heavy (non-hydrogen) atoms. The number of fused-ring (bicyclic) bond motifs is 1. The second kappa shape index (κ2) is 7.24. The number of rotatable bonds is 6. The summed E-state index contributed by atoms with van der Waals surface area (Å²) in [4.78, 5) is 14.3. The largest absolute Gasteiger partial charge is 0.497 e. The molecule has 4 rings (SSSR count). The van der Waals surface area contributed by atoms with Gasteiger partial charge < -0.3 is 19.4 Å². The molecule has 0 aliphatic rings. The molecule has 0 saturated heterocycles. The van der Waals surface area contributed by atoms with Crippen molar-refractivity contribution in [3.8, 4) is 11.5 Å². The van der Waals surface area contributed by atoms with E-state index in [0.717, 1.165) is 27.4 Å². The average molecular weight is 381 g/mol. The Morgan fingerprint density at radius 1 is 1.07 bits per heavy atom. The summed E-state index contributed by atoms with van der Waals surface area (Å²) in [5.41, 5.74) is 0.961. The van der Waals surface area contributed by atoms with Crippen LogP contribution in [0.25, 0.3) is 10.2 Å². The van der Waals surface area contributed by atoms with Gasteiger partial charge >= 0.3 is 0 Å². The van der Waals surface area contributed by atoms with Crippen molar-refractivity contribution in [3.63, 3.8) is 0 Å². The van der Waals surface area contributed by atoms with Gasteiger partial charge in [-0.25, -0.2) is 15.0 Å². The monoisotopic (exact) mass is 381 g/mol. The highest BCUT2D eigenvalue weighted by molar-refractivity contribution is 7.16. The van der Waals surface area contributed by atoms with E-state index in [1.807, 2.05) is 47.5 Å². The standard InChI is InChI=1S/C19H19N5O2S/c1-24-6-5-20-18(24)16(12-8-13(25-2)10-14(9-12)26-3)23-17-15-4-7-27-19(15)22-11-21-17/h4-11,16H,1-3H3,(H,21,22,23)/t16-/m1/s1. The van der Waals surface area contributed by atoms with Crippen molar-refractivity contribution in [2.45, 2.75) is 6.04 Å². The van der Waals surface area contributed by atoms with Gasteiger partial charge in [0.15, 0.2) is 0 Å². The Morgan fingerprint density at radius 2 is 1.85 bits per heavy atom. The van der Waals surface area contributed by atoms with Crippen LogP contribution in [0.1, 0.15) is 17.4 Å². The number of hydrogen-bond acceptors (Lipinski definition) is 7. The first-order valence-electron chi connectivity index (χ1n) is 8.34. The molecule has 0 fully saturated rings. The SMILES string of the molecule is COc1cc(OC)cc([C@@H](Nc2ncnc3sccc23)c2nccn2C)c1. The lowest BCUT2D eigenvalue weighted by molar-refractivity contribution is 0.393. The third kappa shape index (κ3) is 3.31. The van der Waals surface area contributed by atoms with Crippen LogP contribution in [0.3, 0.4) is 0 Å². The number of ether oxygens (including phenoxy) is 2.